The van der Waals surface area contributed by atoms with E-state index in [0.717, 1.165) is 25.2 Å². The number of aromatic nitrogens is 2. The number of methoxy groups -OCH3 is 1. The molecule has 17 heavy (non-hydrogen) atoms. The smallest absolute Gasteiger partial charge is 0.276 e. The first-order valence-corrected chi connectivity index (χ1v) is 5.72. The summed E-state index contributed by atoms with van der Waals surface area (Å²) >= 11 is 0. The van der Waals surface area contributed by atoms with Gasteiger partial charge in [0.15, 0.2) is 5.69 Å². The quantitative estimate of drug-likeness (QED) is 0.798. The summed E-state index contributed by atoms with van der Waals surface area (Å²) in [7, 11) is 1.68. The second-order valence-electron chi connectivity index (χ2n) is 4.47. The molecule has 6 heteroatoms. The van der Waals surface area contributed by atoms with Crippen LogP contribution in [-0.4, -0.2) is 47.8 Å². The molecule has 3 N–H and O–H groups in total. The van der Waals surface area contributed by atoms with E-state index in [1.807, 2.05) is 0 Å². The molecular weight excluding hydrogens is 220 g/mol. The van der Waals surface area contributed by atoms with Crippen molar-refractivity contribution in [3.8, 4) is 0 Å². The minimum atomic E-state index is -0.0922. The Kier molecular flexibility index (Phi) is 3.33. The van der Waals surface area contributed by atoms with E-state index in [-0.39, 0.29) is 5.91 Å². The number of ether oxygens (including phenoxy) is 1. The zero-order valence-electron chi connectivity index (χ0n) is 10.2. The first-order valence-electron chi connectivity index (χ1n) is 5.72. The number of carbonyl (C=O) groups excluding carboxylic acids is 1. The van der Waals surface area contributed by atoms with Gasteiger partial charge in [-0.1, -0.05) is 0 Å². The van der Waals surface area contributed by atoms with E-state index in [4.69, 9.17) is 10.5 Å². The van der Waals surface area contributed by atoms with Gasteiger partial charge in [0.1, 0.15) is 0 Å². The van der Waals surface area contributed by atoms with Crippen molar-refractivity contribution in [1.82, 2.24) is 15.1 Å². The second-order valence-corrected chi connectivity index (χ2v) is 4.47. The summed E-state index contributed by atoms with van der Waals surface area (Å²) in [4.78, 5) is 13.9. The summed E-state index contributed by atoms with van der Waals surface area (Å²) in [5, 5.41) is 6.69. The number of nitrogen functional groups attached to an aromatic ring is 1. The van der Waals surface area contributed by atoms with Crippen LogP contribution in [-0.2, 0) is 4.74 Å². The number of amides is 1. The fourth-order valence-corrected chi connectivity index (χ4v) is 2.14. The third-order valence-corrected chi connectivity index (χ3v) is 3.17. The van der Waals surface area contributed by atoms with E-state index in [1.54, 1.807) is 18.9 Å². The number of rotatable bonds is 3. The Balaban J connectivity index is 2.04. The maximum atomic E-state index is 12.2. The molecule has 6 nitrogen and oxygen atoms in total. The summed E-state index contributed by atoms with van der Waals surface area (Å²) in [6, 6.07) is 0. The molecule has 1 unspecified atom stereocenters. The number of H-pyrrole nitrogens is 1. The minimum Gasteiger partial charge on any atom is -0.395 e. The highest BCUT2D eigenvalue weighted by Crippen LogP contribution is 2.21. The highest BCUT2D eigenvalue weighted by atomic mass is 16.5. The van der Waals surface area contributed by atoms with Gasteiger partial charge in [-0.2, -0.15) is 5.10 Å². The highest BCUT2D eigenvalue weighted by molar-refractivity contribution is 5.97. The Hall–Kier alpha value is -1.56. The van der Waals surface area contributed by atoms with E-state index >= 15 is 0 Å². The lowest BCUT2D eigenvalue weighted by atomic mass is 10.1. The fourth-order valence-electron chi connectivity index (χ4n) is 2.14. The molecule has 0 bridgehead atoms. The van der Waals surface area contributed by atoms with Crippen molar-refractivity contribution in [2.75, 3.05) is 32.5 Å². The Morgan fingerprint density at radius 2 is 2.47 bits per heavy atom. The fraction of sp³-hybridized carbons (Fsp3) is 0.636. The average molecular weight is 238 g/mol. The number of aryl methyl sites for hydroxylation is 1. The van der Waals surface area contributed by atoms with E-state index < -0.39 is 0 Å². The molecule has 2 heterocycles. The van der Waals surface area contributed by atoms with Crippen LogP contribution in [0.2, 0.25) is 0 Å². The summed E-state index contributed by atoms with van der Waals surface area (Å²) in [6.45, 7) is 3.96. The van der Waals surface area contributed by atoms with Gasteiger partial charge in [0.05, 0.1) is 18.0 Å². The van der Waals surface area contributed by atoms with E-state index in [2.05, 4.69) is 10.2 Å². The van der Waals surface area contributed by atoms with Crippen LogP contribution in [0.1, 0.15) is 22.6 Å². The topological polar surface area (TPSA) is 84.2 Å². The summed E-state index contributed by atoms with van der Waals surface area (Å²) in [6.07, 6.45) is 0.975. The normalized spacial score (nSPS) is 19.9. The van der Waals surface area contributed by atoms with Gasteiger partial charge in [0.2, 0.25) is 0 Å². The summed E-state index contributed by atoms with van der Waals surface area (Å²) in [5.41, 5.74) is 7.32. The van der Waals surface area contributed by atoms with E-state index in [1.165, 1.54) is 0 Å². The number of nitrogens with one attached hydrogen (secondary N) is 1. The zero-order chi connectivity index (χ0) is 12.4. The van der Waals surface area contributed by atoms with Crippen LogP contribution in [0.4, 0.5) is 5.69 Å². The number of anilines is 1. The molecule has 0 spiro atoms. The molecule has 1 fully saturated rings. The van der Waals surface area contributed by atoms with Gasteiger partial charge in [-0.25, -0.2) is 0 Å². The van der Waals surface area contributed by atoms with Gasteiger partial charge < -0.3 is 15.4 Å². The summed E-state index contributed by atoms with van der Waals surface area (Å²) < 4.78 is 5.10. The van der Waals surface area contributed by atoms with E-state index in [9.17, 15) is 4.79 Å². The Bertz CT molecular complexity index is 416. The van der Waals surface area contributed by atoms with Crippen molar-refractivity contribution in [3.05, 3.63) is 11.4 Å². The molecule has 94 valence electrons. The molecule has 0 aromatic carbocycles. The predicted molar refractivity (Wildman–Crippen MR) is 63.6 cm³/mol. The Morgan fingerprint density at radius 1 is 1.71 bits per heavy atom. The van der Waals surface area contributed by atoms with Crippen LogP contribution in [0.15, 0.2) is 0 Å². The molecule has 1 saturated heterocycles. The lowest BCUT2D eigenvalue weighted by Gasteiger charge is -2.15. The van der Waals surface area contributed by atoms with E-state index in [0.29, 0.717) is 23.9 Å². The van der Waals surface area contributed by atoms with Crippen molar-refractivity contribution in [3.63, 3.8) is 0 Å². The standard InChI is InChI=1S/C11H18N4O2/c1-7-9(12)10(14-13-7)11(16)15-4-3-8(5-15)6-17-2/h8H,3-6,12H2,1-2H3,(H,13,14). The van der Waals surface area contributed by atoms with Crippen LogP contribution in [0, 0.1) is 12.8 Å². The molecule has 1 amide bonds. The van der Waals surface area contributed by atoms with Crippen molar-refractivity contribution in [2.45, 2.75) is 13.3 Å². The molecule has 1 aromatic heterocycles. The molecule has 0 aliphatic carbocycles. The SMILES string of the molecule is COCC1CCN(C(=O)c2n[nH]c(C)c2N)C1. The second kappa shape index (κ2) is 4.75. The molecular formula is C11H18N4O2. The first-order chi connectivity index (χ1) is 8.13. The van der Waals surface area contributed by atoms with Crippen molar-refractivity contribution in [2.24, 2.45) is 5.92 Å². The number of carbonyl (C=O) groups is 1. The maximum Gasteiger partial charge on any atom is 0.276 e. The van der Waals surface area contributed by atoms with Crippen LogP contribution in [0.25, 0.3) is 0 Å². The molecule has 1 aliphatic rings. The van der Waals surface area contributed by atoms with Gasteiger partial charge in [-0.15, -0.1) is 0 Å². The third-order valence-electron chi connectivity index (χ3n) is 3.17. The summed E-state index contributed by atoms with van der Waals surface area (Å²) in [5.74, 6) is 0.329. The lowest BCUT2D eigenvalue weighted by molar-refractivity contribution is 0.0770. The van der Waals surface area contributed by atoms with Gasteiger partial charge in [-0.3, -0.25) is 9.89 Å². The Labute approximate surface area is 100 Å². The van der Waals surface area contributed by atoms with Gasteiger partial charge in [-0.05, 0) is 13.3 Å². The molecule has 1 aliphatic heterocycles. The number of likely N-dealkylation sites (tertiary alicyclic amines) is 1. The van der Waals surface area contributed by atoms with Gasteiger partial charge in [0.25, 0.3) is 5.91 Å². The molecule has 1 aromatic rings. The van der Waals surface area contributed by atoms with Gasteiger partial charge in [0, 0.05) is 26.1 Å². The van der Waals surface area contributed by atoms with Crippen molar-refractivity contribution in [1.29, 1.82) is 0 Å². The zero-order valence-corrected chi connectivity index (χ0v) is 10.2. The monoisotopic (exact) mass is 238 g/mol. The maximum absolute atomic E-state index is 12.2. The number of hydrogen-bond donors (Lipinski definition) is 2. The molecule has 0 radical (unpaired) electrons. The lowest BCUT2D eigenvalue weighted by Crippen LogP contribution is -2.30. The Morgan fingerprint density at radius 3 is 3.06 bits per heavy atom. The number of nitrogens with zero attached hydrogens (tertiary/aromatic N) is 2. The largest absolute Gasteiger partial charge is 0.395 e. The first kappa shape index (κ1) is 11.9. The number of nitrogens with two attached hydrogens (primary N) is 1. The van der Waals surface area contributed by atoms with Crippen LogP contribution in [0.5, 0.6) is 0 Å². The molecule has 1 atom stereocenters. The van der Waals surface area contributed by atoms with Gasteiger partial charge >= 0.3 is 0 Å². The van der Waals surface area contributed by atoms with Crippen LogP contribution >= 0.6 is 0 Å². The number of aromatic amines is 1. The third kappa shape index (κ3) is 2.26. The van der Waals surface area contributed by atoms with Crippen molar-refractivity contribution < 1.29 is 9.53 Å². The number of hydrogen-bond acceptors (Lipinski definition) is 4. The average Bonchev–Trinajstić information content (AvgIpc) is 2.88. The highest BCUT2D eigenvalue weighted by Gasteiger charge is 2.29. The van der Waals surface area contributed by atoms with Crippen molar-refractivity contribution >= 4 is 11.6 Å². The minimum absolute atomic E-state index is 0.0922. The van der Waals surface area contributed by atoms with Crippen LogP contribution < -0.4 is 5.73 Å². The molecule has 2 rings (SSSR count). The molecule has 0 saturated carbocycles. The predicted octanol–water partition coefficient (Wildman–Crippen LogP) is 0.409. The van der Waals surface area contributed by atoms with Crippen LogP contribution in [0.3, 0.4) is 0 Å².